The summed E-state index contributed by atoms with van der Waals surface area (Å²) in [7, 11) is 3.30. The second-order valence-electron chi connectivity index (χ2n) is 10.3. The largest absolute Gasteiger partial charge is 0.497 e. The van der Waals surface area contributed by atoms with Crippen molar-refractivity contribution in [3.8, 4) is 11.5 Å². The van der Waals surface area contributed by atoms with Crippen molar-refractivity contribution in [1.29, 1.82) is 0 Å². The Morgan fingerprint density at radius 3 is 2.11 bits per heavy atom. The van der Waals surface area contributed by atoms with Crippen LogP contribution >= 0.6 is 0 Å². The van der Waals surface area contributed by atoms with Crippen LogP contribution in [0.15, 0.2) is 54.6 Å². The molecular weight excluding hydrogens is 472 g/mol. The van der Waals surface area contributed by atoms with Crippen LogP contribution in [0.3, 0.4) is 0 Å². The fourth-order valence-electron chi connectivity index (χ4n) is 4.03. The fourth-order valence-corrected chi connectivity index (χ4v) is 4.03. The van der Waals surface area contributed by atoms with Gasteiger partial charge in [-0.05, 0) is 70.4 Å². The van der Waals surface area contributed by atoms with Gasteiger partial charge in [-0.2, -0.15) is 0 Å². The highest BCUT2D eigenvalue weighted by Gasteiger charge is 2.33. The molecule has 0 saturated heterocycles. The maximum absolute atomic E-state index is 13.0. The number of esters is 2. The van der Waals surface area contributed by atoms with Crippen LogP contribution < -0.4 is 9.47 Å². The molecule has 0 unspecified atom stereocenters. The molecule has 0 spiro atoms. The molecular formula is C30H42O7. The summed E-state index contributed by atoms with van der Waals surface area (Å²) in [5.74, 6) is -0.0785. The Kier molecular flexibility index (Phi) is 11.9. The van der Waals surface area contributed by atoms with Crippen molar-refractivity contribution in [3.63, 3.8) is 0 Å². The lowest BCUT2D eigenvalue weighted by molar-refractivity contribution is -0.166. The third-order valence-electron chi connectivity index (χ3n) is 5.89. The number of ether oxygens (including phenoxy) is 5. The van der Waals surface area contributed by atoms with Crippen LogP contribution in [-0.4, -0.2) is 50.6 Å². The van der Waals surface area contributed by atoms with Crippen LogP contribution in [0.2, 0.25) is 0 Å². The van der Waals surface area contributed by atoms with E-state index in [1.807, 2.05) is 61.5 Å². The average molecular weight is 515 g/mol. The minimum Gasteiger partial charge on any atom is -0.497 e. The van der Waals surface area contributed by atoms with E-state index >= 15 is 0 Å². The van der Waals surface area contributed by atoms with Crippen LogP contribution in [0.25, 0.3) is 0 Å². The van der Waals surface area contributed by atoms with Crippen molar-refractivity contribution in [2.24, 2.45) is 11.8 Å². The van der Waals surface area contributed by atoms with Crippen molar-refractivity contribution >= 4 is 11.9 Å². The highest BCUT2D eigenvalue weighted by Crippen LogP contribution is 2.27. The molecule has 0 aliphatic rings. The van der Waals surface area contributed by atoms with E-state index in [4.69, 9.17) is 23.7 Å². The Morgan fingerprint density at radius 2 is 1.54 bits per heavy atom. The van der Waals surface area contributed by atoms with Gasteiger partial charge in [-0.1, -0.05) is 37.3 Å². The normalized spacial score (nSPS) is 14.7. The van der Waals surface area contributed by atoms with Crippen LogP contribution in [-0.2, 0) is 30.2 Å². The predicted octanol–water partition coefficient (Wildman–Crippen LogP) is 5.64. The molecule has 2 rings (SSSR count). The standard InChI is InChI=1S/C30H42O7/c1-21(19-27(31)37-30(3,4)5)29(32)35-22(2)28(36-26-11-9-8-10-12-26)24(17-18-33-6)20-23-13-15-25(34-7)16-14-23/h8-16,21-22,24,28H,17-20H2,1-7H3/t21-,22+,24-,28+/m1/s1. The summed E-state index contributed by atoms with van der Waals surface area (Å²) < 4.78 is 28.4. The zero-order valence-corrected chi connectivity index (χ0v) is 23.2. The SMILES string of the molecule is COCC[C@H](Cc1ccc(OC)cc1)[C@@H](Oc1ccccc1)[C@H](C)OC(=O)[C@H](C)CC(=O)OC(C)(C)C. The molecule has 0 N–H and O–H groups in total. The Balaban J connectivity index is 2.22. The Labute approximate surface area is 221 Å². The lowest BCUT2D eigenvalue weighted by Gasteiger charge is -2.33. The average Bonchev–Trinajstić information content (AvgIpc) is 2.85. The van der Waals surface area contributed by atoms with E-state index < -0.39 is 35.7 Å². The first-order chi connectivity index (χ1) is 17.5. The number of methoxy groups -OCH3 is 2. The van der Waals surface area contributed by atoms with E-state index in [0.29, 0.717) is 25.2 Å². The van der Waals surface area contributed by atoms with Gasteiger partial charge >= 0.3 is 11.9 Å². The molecule has 0 saturated carbocycles. The number of hydrogen-bond acceptors (Lipinski definition) is 7. The monoisotopic (exact) mass is 514 g/mol. The summed E-state index contributed by atoms with van der Waals surface area (Å²) in [5, 5.41) is 0. The van der Waals surface area contributed by atoms with E-state index in [1.165, 1.54) is 0 Å². The molecule has 4 atom stereocenters. The minimum absolute atomic E-state index is 0.0162. The topological polar surface area (TPSA) is 80.3 Å². The molecule has 0 heterocycles. The number of carbonyl (C=O) groups excluding carboxylic acids is 2. The quantitative estimate of drug-likeness (QED) is 0.302. The molecule has 0 aromatic heterocycles. The highest BCUT2D eigenvalue weighted by molar-refractivity contribution is 5.79. The van der Waals surface area contributed by atoms with Gasteiger partial charge in [0.05, 0.1) is 19.4 Å². The Bertz CT molecular complexity index is 950. The van der Waals surface area contributed by atoms with Crippen LogP contribution in [0.4, 0.5) is 0 Å². The third-order valence-corrected chi connectivity index (χ3v) is 5.89. The van der Waals surface area contributed by atoms with Crippen molar-refractivity contribution in [2.75, 3.05) is 20.8 Å². The van der Waals surface area contributed by atoms with Crippen LogP contribution in [0.1, 0.15) is 53.0 Å². The lowest BCUT2D eigenvalue weighted by Crippen LogP contribution is -2.42. The number of para-hydroxylation sites is 1. The van der Waals surface area contributed by atoms with Crippen molar-refractivity contribution in [1.82, 2.24) is 0 Å². The van der Waals surface area contributed by atoms with Crippen molar-refractivity contribution in [3.05, 3.63) is 60.2 Å². The maximum atomic E-state index is 13.0. The van der Waals surface area contributed by atoms with Gasteiger partial charge in [0.25, 0.3) is 0 Å². The first-order valence-electron chi connectivity index (χ1n) is 12.8. The molecule has 0 bridgehead atoms. The molecule has 2 aromatic rings. The fraction of sp³-hybridized carbons (Fsp3) is 0.533. The van der Waals surface area contributed by atoms with Crippen LogP contribution in [0, 0.1) is 11.8 Å². The summed E-state index contributed by atoms with van der Waals surface area (Å²) in [6.07, 6.45) is 0.327. The van der Waals surface area contributed by atoms with Gasteiger partial charge in [0.15, 0.2) is 0 Å². The molecule has 0 radical (unpaired) electrons. The first-order valence-corrected chi connectivity index (χ1v) is 12.8. The van der Waals surface area contributed by atoms with Gasteiger partial charge in [-0.25, -0.2) is 0 Å². The molecule has 7 nitrogen and oxygen atoms in total. The second kappa shape index (κ2) is 14.6. The molecule has 0 fully saturated rings. The third kappa shape index (κ3) is 10.8. The van der Waals surface area contributed by atoms with Gasteiger partial charge in [0, 0.05) is 19.6 Å². The van der Waals surface area contributed by atoms with Gasteiger partial charge in [-0.3, -0.25) is 9.59 Å². The minimum atomic E-state index is -0.645. The molecule has 0 aliphatic heterocycles. The Hall–Kier alpha value is -3.06. The summed E-state index contributed by atoms with van der Waals surface area (Å²) in [6.45, 7) is 9.43. The number of rotatable bonds is 14. The molecule has 204 valence electrons. The van der Waals surface area contributed by atoms with E-state index in [0.717, 1.165) is 11.3 Å². The van der Waals surface area contributed by atoms with Crippen molar-refractivity contribution < 1.29 is 33.3 Å². The van der Waals surface area contributed by atoms with E-state index in [1.54, 1.807) is 41.9 Å². The Morgan fingerprint density at radius 1 is 0.892 bits per heavy atom. The van der Waals surface area contributed by atoms with Gasteiger partial charge in [0.2, 0.25) is 0 Å². The zero-order chi connectivity index (χ0) is 27.4. The van der Waals surface area contributed by atoms with E-state index in [-0.39, 0.29) is 12.3 Å². The zero-order valence-electron chi connectivity index (χ0n) is 23.2. The van der Waals surface area contributed by atoms with E-state index in [2.05, 4.69) is 0 Å². The molecule has 0 aliphatic carbocycles. The molecule has 0 amide bonds. The molecule has 7 heteroatoms. The first kappa shape index (κ1) is 30.2. The van der Waals surface area contributed by atoms with Crippen molar-refractivity contribution in [2.45, 2.75) is 71.7 Å². The maximum Gasteiger partial charge on any atom is 0.309 e. The van der Waals surface area contributed by atoms with Gasteiger partial charge < -0.3 is 23.7 Å². The predicted molar refractivity (Wildman–Crippen MR) is 143 cm³/mol. The number of benzene rings is 2. The van der Waals surface area contributed by atoms with E-state index in [9.17, 15) is 9.59 Å². The van der Waals surface area contributed by atoms with Gasteiger partial charge in [-0.15, -0.1) is 0 Å². The number of carbonyl (C=O) groups is 2. The molecule has 37 heavy (non-hydrogen) atoms. The summed E-state index contributed by atoms with van der Waals surface area (Å²) in [5.41, 5.74) is 0.499. The summed E-state index contributed by atoms with van der Waals surface area (Å²) >= 11 is 0. The number of hydrogen-bond donors (Lipinski definition) is 0. The molecule has 2 aromatic carbocycles. The second-order valence-corrected chi connectivity index (χ2v) is 10.3. The highest BCUT2D eigenvalue weighted by atomic mass is 16.6. The summed E-state index contributed by atoms with van der Waals surface area (Å²) in [4.78, 5) is 25.2. The van der Waals surface area contributed by atoms with Crippen LogP contribution in [0.5, 0.6) is 11.5 Å². The summed E-state index contributed by atoms with van der Waals surface area (Å²) in [6, 6.07) is 17.4. The lowest BCUT2D eigenvalue weighted by atomic mass is 9.88. The smallest absolute Gasteiger partial charge is 0.309 e. The van der Waals surface area contributed by atoms with Gasteiger partial charge in [0.1, 0.15) is 29.3 Å².